The quantitative estimate of drug-likeness (QED) is 0.536. The van der Waals surface area contributed by atoms with Gasteiger partial charge in [0.15, 0.2) is 0 Å². The van der Waals surface area contributed by atoms with Crippen LogP contribution in [-0.4, -0.2) is 33.7 Å². The van der Waals surface area contributed by atoms with Crippen molar-refractivity contribution in [3.63, 3.8) is 0 Å². The highest BCUT2D eigenvalue weighted by Gasteiger charge is 2.16. The summed E-state index contributed by atoms with van der Waals surface area (Å²) < 4.78 is 20.2. The van der Waals surface area contributed by atoms with Crippen LogP contribution >= 0.6 is 0 Å². The smallest absolute Gasteiger partial charge is 0.320 e. The van der Waals surface area contributed by atoms with Gasteiger partial charge in [-0.1, -0.05) is 23.3 Å². The minimum Gasteiger partial charge on any atom is -0.403 e. The minimum atomic E-state index is -0.422. The standard InChI is InChI=1S/C23H20FN5O/c1-29-10-8-15-4-6-19(11-18(15)14-29)26-23-28-27-22(30-23)20-12-16(5-7-21(20)24)17-3-2-9-25-13-17/h2-7,9,11-13H,8,10,14H2,1H3,(H,26,28). The maximum atomic E-state index is 14.5. The molecule has 30 heavy (non-hydrogen) atoms. The van der Waals surface area contributed by atoms with Crippen molar-refractivity contribution in [2.45, 2.75) is 13.0 Å². The SMILES string of the molecule is CN1CCc2ccc(Nc3nnc(-c4cc(-c5cccnc5)ccc4F)o3)cc2C1. The molecule has 0 spiro atoms. The van der Waals surface area contributed by atoms with E-state index in [9.17, 15) is 4.39 Å². The number of nitrogens with one attached hydrogen (secondary N) is 1. The van der Waals surface area contributed by atoms with E-state index in [1.165, 1.54) is 17.2 Å². The molecule has 4 aromatic rings. The highest BCUT2D eigenvalue weighted by atomic mass is 19.1. The molecule has 3 heterocycles. The zero-order valence-corrected chi connectivity index (χ0v) is 16.5. The molecule has 0 atom stereocenters. The van der Waals surface area contributed by atoms with Crippen molar-refractivity contribution >= 4 is 11.7 Å². The van der Waals surface area contributed by atoms with Crippen molar-refractivity contribution < 1.29 is 8.81 Å². The number of anilines is 2. The molecule has 0 unspecified atom stereocenters. The van der Waals surface area contributed by atoms with Gasteiger partial charge in [0.2, 0.25) is 0 Å². The zero-order valence-electron chi connectivity index (χ0n) is 16.5. The van der Waals surface area contributed by atoms with E-state index in [1.807, 2.05) is 18.2 Å². The van der Waals surface area contributed by atoms with E-state index in [0.29, 0.717) is 0 Å². The lowest BCUT2D eigenvalue weighted by atomic mass is 9.99. The molecule has 2 aromatic heterocycles. The zero-order chi connectivity index (χ0) is 20.5. The molecule has 1 N–H and O–H groups in total. The third-order valence-electron chi connectivity index (χ3n) is 5.28. The van der Waals surface area contributed by atoms with E-state index in [0.717, 1.165) is 36.3 Å². The fourth-order valence-electron chi connectivity index (χ4n) is 3.68. The van der Waals surface area contributed by atoms with E-state index in [-0.39, 0.29) is 17.5 Å². The van der Waals surface area contributed by atoms with Crippen molar-refractivity contribution in [1.82, 2.24) is 20.1 Å². The number of benzene rings is 2. The van der Waals surface area contributed by atoms with Gasteiger partial charge in [-0.15, -0.1) is 5.10 Å². The number of fused-ring (bicyclic) bond motifs is 1. The summed E-state index contributed by atoms with van der Waals surface area (Å²) in [6, 6.07) is 15.0. The summed E-state index contributed by atoms with van der Waals surface area (Å²) in [7, 11) is 2.11. The van der Waals surface area contributed by atoms with Gasteiger partial charge in [0.05, 0.1) is 5.56 Å². The van der Waals surface area contributed by atoms with Crippen molar-refractivity contribution in [3.05, 3.63) is 77.9 Å². The number of aromatic nitrogens is 3. The number of hydrogen-bond acceptors (Lipinski definition) is 6. The molecule has 0 amide bonds. The second kappa shape index (κ2) is 7.68. The van der Waals surface area contributed by atoms with E-state index in [1.54, 1.807) is 24.5 Å². The van der Waals surface area contributed by atoms with E-state index in [4.69, 9.17) is 4.42 Å². The normalized spacial score (nSPS) is 13.8. The monoisotopic (exact) mass is 401 g/mol. The summed E-state index contributed by atoms with van der Waals surface area (Å²) in [4.78, 5) is 6.40. The van der Waals surface area contributed by atoms with Gasteiger partial charge < -0.3 is 14.6 Å². The molecule has 6 nitrogen and oxygen atoms in total. The Hall–Kier alpha value is -3.58. The van der Waals surface area contributed by atoms with Gasteiger partial charge >= 0.3 is 6.01 Å². The Morgan fingerprint density at radius 3 is 2.83 bits per heavy atom. The highest BCUT2D eigenvalue weighted by molar-refractivity contribution is 5.69. The van der Waals surface area contributed by atoms with Gasteiger partial charge in [-0.3, -0.25) is 4.98 Å². The molecule has 0 bridgehead atoms. The summed E-state index contributed by atoms with van der Waals surface area (Å²) >= 11 is 0. The molecular formula is C23H20FN5O. The van der Waals surface area contributed by atoms with Crippen LogP contribution in [0.3, 0.4) is 0 Å². The first-order valence-corrected chi connectivity index (χ1v) is 9.77. The molecule has 7 heteroatoms. The maximum absolute atomic E-state index is 14.5. The third-order valence-corrected chi connectivity index (χ3v) is 5.28. The average Bonchev–Trinajstić information content (AvgIpc) is 3.22. The Morgan fingerprint density at radius 2 is 1.97 bits per heavy atom. The molecular weight excluding hydrogens is 381 g/mol. The van der Waals surface area contributed by atoms with Crippen molar-refractivity contribution in [2.75, 3.05) is 18.9 Å². The summed E-state index contributed by atoms with van der Waals surface area (Å²) in [6.45, 7) is 1.97. The van der Waals surface area contributed by atoms with Crippen molar-refractivity contribution in [1.29, 1.82) is 0 Å². The van der Waals surface area contributed by atoms with E-state index >= 15 is 0 Å². The van der Waals surface area contributed by atoms with Crippen LogP contribution in [0.5, 0.6) is 0 Å². The molecule has 0 radical (unpaired) electrons. The number of pyridine rings is 1. The Balaban J connectivity index is 1.40. The van der Waals surface area contributed by atoms with Gasteiger partial charge in [-0.05, 0) is 60.5 Å². The molecule has 0 fully saturated rings. The van der Waals surface area contributed by atoms with Gasteiger partial charge in [0.1, 0.15) is 5.82 Å². The average molecular weight is 401 g/mol. The Labute approximate surface area is 173 Å². The molecule has 1 aliphatic heterocycles. The number of hydrogen-bond donors (Lipinski definition) is 1. The number of halogens is 1. The van der Waals surface area contributed by atoms with Crippen molar-refractivity contribution in [3.8, 4) is 22.6 Å². The summed E-state index contributed by atoms with van der Waals surface area (Å²) in [5.74, 6) is -0.298. The van der Waals surface area contributed by atoms with Gasteiger partial charge in [0, 0.05) is 36.7 Å². The second-order valence-electron chi connectivity index (χ2n) is 7.44. The summed E-state index contributed by atoms with van der Waals surface area (Å²) in [5.41, 5.74) is 5.47. The molecule has 0 saturated carbocycles. The van der Waals surface area contributed by atoms with Gasteiger partial charge in [-0.25, -0.2) is 4.39 Å². The first kappa shape index (κ1) is 18.4. The number of rotatable bonds is 4. The van der Waals surface area contributed by atoms with E-state index < -0.39 is 5.82 Å². The first-order chi connectivity index (χ1) is 14.7. The maximum Gasteiger partial charge on any atom is 0.320 e. The van der Waals surface area contributed by atoms with Crippen LogP contribution in [0.1, 0.15) is 11.1 Å². The highest BCUT2D eigenvalue weighted by Crippen LogP contribution is 2.30. The van der Waals surface area contributed by atoms with Crippen LogP contribution in [0.15, 0.2) is 65.3 Å². The first-order valence-electron chi connectivity index (χ1n) is 9.77. The van der Waals surface area contributed by atoms with Crippen LogP contribution < -0.4 is 5.32 Å². The van der Waals surface area contributed by atoms with Crippen LogP contribution in [0.4, 0.5) is 16.1 Å². The second-order valence-corrected chi connectivity index (χ2v) is 7.44. The lowest BCUT2D eigenvalue weighted by Gasteiger charge is -2.25. The van der Waals surface area contributed by atoms with Crippen LogP contribution in [0.25, 0.3) is 22.6 Å². The van der Waals surface area contributed by atoms with Gasteiger partial charge in [0.25, 0.3) is 5.89 Å². The molecule has 0 aliphatic carbocycles. The largest absolute Gasteiger partial charge is 0.403 e. The predicted molar refractivity (Wildman–Crippen MR) is 113 cm³/mol. The number of likely N-dealkylation sites (N-methyl/N-ethyl adjacent to an activating group) is 1. The molecule has 150 valence electrons. The fourth-order valence-corrected chi connectivity index (χ4v) is 3.68. The van der Waals surface area contributed by atoms with Crippen LogP contribution in [0.2, 0.25) is 0 Å². The van der Waals surface area contributed by atoms with Crippen LogP contribution in [0, 0.1) is 5.82 Å². The molecule has 5 rings (SSSR count). The summed E-state index contributed by atoms with van der Waals surface area (Å²) in [5, 5.41) is 11.2. The Kier molecular flexibility index (Phi) is 4.72. The predicted octanol–water partition coefficient (Wildman–Crippen LogP) is 4.67. The van der Waals surface area contributed by atoms with E-state index in [2.05, 4.69) is 44.6 Å². The number of nitrogens with zero attached hydrogens (tertiary/aromatic N) is 4. The minimum absolute atomic E-state index is 0.124. The Bertz CT molecular complexity index is 1190. The third kappa shape index (κ3) is 3.67. The van der Waals surface area contributed by atoms with Crippen LogP contribution in [-0.2, 0) is 13.0 Å². The molecule has 0 saturated heterocycles. The van der Waals surface area contributed by atoms with Crippen molar-refractivity contribution in [2.24, 2.45) is 0 Å². The molecule has 2 aromatic carbocycles. The molecule has 1 aliphatic rings. The fraction of sp³-hybridized carbons (Fsp3) is 0.174. The Morgan fingerprint density at radius 1 is 1.03 bits per heavy atom. The lowest BCUT2D eigenvalue weighted by Crippen LogP contribution is -2.26. The topological polar surface area (TPSA) is 67.1 Å². The van der Waals surface area contributed by atoms with Gasteiger partial charge in [-0.2, -0.15) is 0 Å². The lowest BCUT2D eigenvalue weighted by molar-refractivity contribution is 0.313. The summed E-state index contributed by atoms with van der Waals surface area (Å²) in [6.07, 6.45) is 4.47.